The Bertz CT molecular complexity index is 652. The maximum Gasteiger partial charge on any atom is 0.231 e. The van der Waals surface area contributed by atoms with Crippen molar-refractivity contribution in [2.45, 2.75) is 6.42 Å². The minimum Gasteiger partial charge on any atom is -0.454 e. The van der Waals surface area contributed by atoms with Crippen LogP contribution in [0.1, 0.15) is 16.8 Å². The van der Waals surface area contributed by atoms with Crippen LogP contribution >= 0.6 is 11.6 Å². The molecule has 5 nitrogen and oxygen atoms in total. The van der Waals surface area contributed by atoms with Crippen LogP contribution < -0.4 is 9.47 Å². The number of rotatable bonds is 2. The molecule has 2 aliphatic rings. The zero-order valence-electron chi connectivity index (χ0n) is 9.89. The Morgan fingerprint density at radius 2 is 2.11 bits per heavy atom. The summed E-state index contributed by atoms with van der Waals surface area (Å²) < 4.78 is 33.2. The summed E-state index contributed by atoms with van der Waals surface area (Å²) in [5.41, 5.74) is 0.372. The standard InChI is InChI=1S/C12H11ClO5S/c13-9-3-8(4-10-12(9)18-6-17-10)11(14)7-1-2-19(15,16)5-7/h3-4,7H,1-2,5-6H2. The summed E-state index contributed by atoms with van der Waals surface area (Å²) in [6.07, 6.45) is 0.368. The predicted molar refractivity (Wildman–Crippen MR) is 68.7 cm³/mol. The molecule has 0 aliphatic carbocycles. The van der Waals surface area contributed by atoms with Crippen molar-refractivity contribution < 1.29 is 22.7 Å². The van der Waals surface area contributed by atoms with Crippen molar-refractivity contribution in [1.82, 2.24) is 0 Å². The second-order valence-corrected chi connectivity index (χ2v) is 7.29. The summed E-state index contributed by atoms with van der Waals surface area (Å²) in [5.74, 6) is 0.149. The number of carbonyl (C=O) groups is 1. The fourth-order valence-corrected chi connectivity index (χ4v) is 4.35. The third-order valence-electron chi connectivity index (χ3n) is 3.31. The molecule has 2 heterocycles. The average Bonchev–Trinajstić information content (AvgIpc) is 2.94. The van der Waals surface area contributed by atoms with E-state index in [-0.39, 0.29) is 24.1 Å². The van der Waals surface area contributed by atoms with Gasteiger partial charge in [-0.15, -0.1) is 0 Å². The summed E-state index contributed by atoms with van der Waals surface area (Å²) in [5, 5.41) is 0.305. The predicted octanol–water partition coefficient (Wildman–Crippen LogP) is 1.69. The van der Waals surface area contributed by atoms with Gasteiger partial charge in [-0.1, -0.05) is 11.6 Å². The van der Waals surface area contributed by atoms with Crippen LogP contribution in [0.15, 0.2) is 12.1 Å². The van der Waals surface area contributed by atoms with Crippen molar-refractivity contribution in [3.8, 4) is 11.5 Å². The molecule has 1 atom stereocenters. The maximum atomic E-state index is 12.3. The number of benzene rings is 1. The Morgan fingerprint density at radius 3 is 2.79 bits per heavy atom. The van der Waals surface area contributed by atoms with E-state index in [4.69, 9.17) is 21.1 Å². The number of sulfone groups is 1. The van der Waals surface area contributed by atoms with Crippen molar-refractivity contribution in [2.75, 3.05) is 18.3 Å². The Kier molecular flexibility index (Phi) is 2.94. The molecule has 0 radical (unpaired) electrons. The summed E-state index contributed by atoms with van der Waals surface area (Å²) >= 11 is 6.01. The van der Waals surface area contributed by atoms with Crippen molar-refractivity contribution in [2.24, 2.45) is 5.92 Å². The highest BCUT2D eigenvalue weighted by Gasteiger charge is 2.34. The Labute approximate surface area is 115 Å². The lowest BCUT2D eigenvalue weighted by Gasteiger charge is -2.08. The first-order valence-electron chi connectivity index (χ1n) is 5.80. The lowest BCUT2D eigenvalue weighted by molar-refractivity contribution is 0.0933. The Hall–Kier alpha value is -1.27. The van der Waals surface area contributed by atoms with Crippen molar-refractivity contribution in [3.05, 3.63) is 22.7 Å². The van der Waals surface area contributed by atoms with Gasteiger partial charge in [-0.2, -0.15) is 0 Å². The normalized spacial score (nSPS) is 23.5. The first kappa shape index (κ1) is 12.7. The van der Waals surface area contributed by atoms with E-state index in [1.807, 2.05) is 0 Å². The molecule has 0 N–H and O–H groups in total. The van der Waals surface area contributed by atoms with E-state index in [2.05, 4.69) is 0 Å². The molecule has 1 aromatic carbocycles. The number of halogens is 1. The van der Waals surface area contributed by atoms with E-state index >= 15 is 0 Å². The SMILES string of the molecule is O=C(c1cc(Cl)c2c(c1)OCO2)C1CCS(=O)(=O)C1. The first-order chi connectivity index (χ1) is 8.96. The number of carbonyl (C=O) groups excluding carboxylic acids is 1. The average molecular weight is 303 g/mol. The first-order valence-corrected chi connectivity index (χ1v) is 8.00. The van der Waals surface area contributed by atoms with Gasteiger partial charge in [-0.05, 0) is 18.6 Å². The molecule has 19 heavy (non-hydrogen) atoms. The zero-order valence-corrected chi connectivity index (χ0v) is 11.5. The number of hydrogen-bond acceptors (Lipinski definition) is 5. The Balaban J connectivity index is 1.91. The molecular weight excluding hydrogens is 292 g/mol. The molecule has 0 saturated carbocycles. The van der Waals surface area contributed by atoms with Gasteiger partial charge in [-0.25, -0.2) is 8.42 Å². The molecule has 102 valence electrons. The minimum atomic E-state index is -3.08. The molecule has 7 heteroatoms. The van der Waals surface area contributed by atoms with Gasteiger partial charge in [0.1, 0.15) is 0 Å². The summed E-state index contributed by atoms with van der Waals surface area (Å²) in [7, 11) is -3.08. The molecule has 1 aromatic rings. The third-order valence-corrected chi connectivity index (χ3v) is 5.36. The van der Waals surface area contributed by atoms with Gasteiger partial charge in [0.05, 0.1) is 16.5 Å². The fraction of sp³-hybridized carbons (Fsp3) is 0.417. The van der Waals surface area contributed by atoms with Crippen LogP contribution in [-0.2, 0) is 9.84 Å². The van der Waals surface area contributed by atoms with Gasteiger partial charge in [0, 0.05) is 11.5 Å². The van der Waals surface area contributed by atoms with E-state index in [0.717, 1.165) is 0 Å². The summed E-state index contributed by atoms with van der Waals surface area (Å²) in [6, 6.07) is 3.06. The molecule has 0 aromatic heterocycles. The lowest BCUT2D eigenvalue weighted by atomic mass is 9.97. The highest BCUT2D eigenvalue weighted by Crippen LogP contribution is 2.40. The number of Topliss-reactive ketones (excluding diaryl/α,β-unsaturated/α-hetero) is 1. The van der Waals surface area contributed by atoms with Crippen LogP contribution in [0.4, 0.5) is 0 Å². The van der Waals surface area contributed by atoms with Gasteiger partial charge in [0.15, 0.2) is 27.1 Å². The molecular formula is C12H11ClO5S. The van der Waals surface area contributed by atoms with E-state index in [1.54, 1.807) is 6.07 Å². The quantitative estimate of drug-likeness (QED) is 0.778. The molecule has 0 amide bonds. The summed E-state index contributed by atoms with van der Waals surface area (Å²) in [4.78, 5) is 12.3. The van der Waals surface area contributed by atoms with Crippen LogP contribution in [0.2, 0.25) is 5.02 Å². The zero-order chi connectivity index (χ0) is 13.6. The van der Waals surface area contributed by atoms with Gasteiger partial charge in [0.25, 0.3) is 0 Å². The van der Waals surface area contributed by atoms with Crippen LogP contribution in [0.25, 0.3) is 0 Å². The largest absolute Gasteiger partial charge is 0.454 e. The van der Waals surface area contributed by atoms with Gasteiger partial charge in [-0.3, -0.25) is 4.79 Å². The highest BCUT2D eigenvalue weighted by atomic mass is 35.5. The summed E-state index contributed by atoms with van der Waals surface area (Å²) in [6.45, 7) is 0.0739. The second-order valence-electron chi connectivity index (χ2n) is 4.66. The Morgan fingerprint density at radius 1 is 1.32 bits per heavy atom. The second kappa shape index (κ2) is 4.38. The molecule has 1 unspecified atom stereocenters. The smallest absolute Gasteiger partial charge is 0.231 e. The van der Waals surface area contributed by atoms with Gasteiger partial charge < -0.3 is 9.47 Å². The third kappa shape index (κ3) is 2.30. The molecule has 1 fully saturated rings. The van der Waals surface area contributed by atoms with Crippen molar-refractivity contribution in [3.63, 3.8) is 0 Å². The number of ketones is 1. The monoisotopic (exact) mass is 302 g/mol. The lowest BCUT2D eigenvalue weighted by Crippen LogP contribution is -2.16. The van der Waals surface area contributed by atoms with Crippen LogP contribution in [0.3, 0.4) is 0 Å². The van der Waals surface area contributed by atoms with E-state index in [1.165, 1.54) is 6.07 Å². The van der Waals surface area contributed by atoms with Gasteiger partial charge >= 0.3 is 0 Å². The molecule has 0 spiro atoms. The number of hydrogen-bond donors (Lipinski definition) is 0. The van der Waals surface area contributed by atoms with Crippen molar-refractivity contribution in [1.29, 1.82) is 0 Å². The minimum absolute atomic E-state index is 0.0711. The highest BCUT2D eigenvalue weighted by molar-refractivity contribution is 7.91. The van der Waals surface area contributed by atoms with Crippen LogP contribution in [-0.4, -0.2) is 32.5 Å². The molecule has 3 rings (SSSR count). The molecule has 2 aliphatic heterocycles. The number of fused-ring (bicyclic) bond motifs is 1. The van der Waals surface area contributed by atoms with E-state index < -0.39 is 15.8 Å². The topological polar surface area (TPSA) is 69.7 Å². The fourth-order valence-electron chi connectivity index (χ4n) is 2.35. The van der Waals surface area contributed by atoms with Crippen LogP contribution in [0.5, 0.6) is 11.5 Å². The van der Waals surface area contributed by atoms with E-state index in [0.29, 0.717) is 28.5 Å². The van der Waals surface area contributed by atoms with Gasteiger partial charge in [0.2, 0.25) is 6.79 Å². The van der Waals surface area contributed by atoms with Crippen LogP contribution in [0, 0.1) is 5.92 Å². The number of ether oxygens (including phenoxy) is 2. The maximum absolute atomic E-state index is 12.3. The molecule has 0 bridgehead atoms. The molecule has 1 saturated heterocycles. The van der Waals surface area contributed by atoms with Crippen molar-refractivity contribution >= 4 is 27.2 Å². The van der Waals surface area contributed by atoms with E-state index in [9.17, 15) is 13.2 Å².